The summed E-state index contributed by atoms with van der Waals surface area (Å²) in [6.45, 7) is 4.86. The summed E-state index contributed by atoms with van der Waals surface area (Å²) in [5.74, 6) is -0.370. The smallest absolute Gasteiger partial charge is 0.148 e. The average molecular weight is 258 g/mol. The summed E-state index contributed by atoms with van der Waals surface area (Å²) in [5.41, 5.74) is 10.4. The average Bonchev–Trinajstić information content (AvgIpc) is 2.37. The number of nitrogen functional groups attached to an aromatic ring is 1. The molecule has 0 aliphatic heterocycles. The zero-order valence-electron chi connectivity index (χ0n) is 11.6. The van der Waals surface area contributed by atoms with Gasteiger partial charge in [0.1, 0.15) is 5.82 Å². The van der Waals surface area contributed by atoms with Crippen molar-refractivity contribution in [1.82, 2.24) is 0 Å². The minimum absolute atomic E-state index is 0.204. The van der Waals surface area contributed by atoms with Crippen molar-refractivity contribution >= 4 is 11.4 Å². The van der Waals surface area contributed by atoms with E-state index in [9.17, 15) is 4.39 Å². The zero-order valence-corrected chi connectivity index (χ0v) is 11.6. The molecule has 2 rings (SSSR count). The number of nitrogens with two attached hydrogens (primary N) is 1. The highest BCUT2D eigenvalue weighted by atomic mass is 19.1. The van der Waals surface area contributed by atoms with Gasteiger partial charge in [0.2, 0.25) is 0 Å². The van der Waals surface area contributed by atoms with E-state index in [0.717, 1.165) is 5.69 Å². The van der Waals surface area contributed by atoms with Gasteiger partial charge in [0, 0.05) is 13.6 Å². The predicted molar refractivity (Wildman–Crippen MR) is 78.8 cm³/mol. The molecule has 19 heavy (non-hydrogen) atoms. The second-order valence-corrected chi connectivity index (χ2v) is 4.96. The number of hydrogen-bond donors (Lipinski definition) is 1. The summed E-state index contributed by atoms with van der Waals surface area (Å²) in [6.07, 6.45) is 0. The van der Waals surface area contributed by atoms with Crippen LogP contribution in [0.15, 0.2) is 36.4 Å². The van der Waals surface area contributed by atoms with Crippen molar-refractivity contribution in [3.63, 3.8) is 0 Å². The molecule has 0 radical (unpaired) electrons. The lowest BCUT2D eigenvalue weighted by Crippen LogP contribution is -2.19. The third-order valence-corrected chi connectivity index (χ3v) is 3.35. The molecule has 2 nitrogen and oxygen atoms in total. The molecule has 0 fully saturated rings. The molecule has 3 heteroatoms. The van der Waals surface area contributed by atoms with Crippen molar-refractivity contribution in [3.8, 4) is 0 Å². The van der Waals surface area contributed by atoms with Crippen LogP contribution in [0.3, 0.4) is 0 Å². The third-order valence-electron chi connectivity index (χ3n) is 3.35. The Labute approximate surface area is 113 Å². The fourth-order valence-electron chi connectivity index (χ4n) is 2.17. The van der Waals surface area contributed by atoms with E-state index < -0.39 is 0 Å². The fourth-order valence-corrected chi connectivity index (χ4v) is 2.17. The number of halogens is 1. The summed E-state index contributed by atoms with van der Waals surface area (Å²) in [5, 5.41) is 0. The highest BCUT2D eigenvalue weighted by Crippen LogP contribution is 2.26. The second kappa shape index (κ2) is 5.31. The van der Waals surface area contributed by atoms with Crippen LogP contribution in [0.25, 0.3) is 0 Å². The van der Waals surface area contributed by atoms with Crippen molar-refractivity contribution in [2.45, 2.75) is 20.4 Å². The number of para-hydroxylation sites is 1. The Morgan fingerprint density at radius 3 is 2.63 bits per heavy atom. The van der Waals surface area contributed by atoms with Crippen LogP contribution < -0.4 is 10.6 Å². The predicted octanol–water partition coefficient (Wildman–Crippen LogP) is 3.66. The Hall–Kier alpha value is -2.03. The number of rotatable bonds is 3. The van der Waals surface area contributed by atoms with Gasteiger partial charge in [-0.3, -0.25) is 0 Å². The molecule has 0 aliphatic carbocycles. The van der Waals surface area contributed by atoms with Crippen molar-refractivity contribution in [2.24, 2.45) is 0 Å². The van der Waals surface area contributed by atoms with Crippen LogP contribution >= 0.6 is 0 Å². The van der Waals surface area contributed by atoms with Crippen molar-refractivity contribution < 1.29 is 4.39 Å². The minimum atomic E-state index is -0.370. The van der Waals surface area contributed by atoms with Crippen molar-refractivity contribution in [3.05, 3.63) is 58.9 Å². The Morgan fingerprint density at radius 1 is 1.16 bits per heavy atom. The molecule has 2 aromatic rings. The summed E-state index contributed by atoms with van der Waals surface area (Å²) >= 11 is 0. The molecule has 100 valence electrons. The summed E-state index contributed by atoms with van der Waals surface area (Å²) in [6, 6.07) is 11.2. The number of hydrogen-bond acceptors (Lipinski definition) is 2. The van der Waals surface area contributed by atoms with Crippen LogP contribution in [0.4, 0.5) is 15.8 Å². The molecule has 0 bridgehead atoms. The van der Waals surface area contributed by atoms with Gasteiger partial charge in [-0.1, -0.05) is 29.8 Å². The number of benzene rings is 2. The highest BCUT2D eigenvalue weighted by molar-refractivity contribution is 5.67. The van der Waals surface area contributed by atoms with Gasteiger partial charge in [0.05, 0.1) is 11.4 Å². The topological polar surface area (TPSA) is 29.3 Å². The molecule has 0 saturated carbocycles. The lowest BCUT2D eigenvalue weighted by Gasteiger charge is -2.22. The first-order chi connectivity index (χ1) is 8.99. The van der Waals surface area contributed by atoms with Crippen LogP contribution in [0.5, 0.6) is 0 Å². The third kappa shape index (κ3) is 2.87. The van der Waals surface area contributed by atoms with Gasteiger partial charge in [-0.15, -0.1) is 0 Å². The van der Waals surface area contributed by atoms with E-state index in [1.54, 1.807) is 6.07 Å². The summed E-state index contributed by atoms with van der Waals surface area (Å²) < 4.78 is 13.5. The molecular weight excluding hydrogens is 239 g/mol. The van der Waals surface area contributed by atoms with Crippen molar-refractivity contribution in [1.29, 1.82) is 0 Å². The Kier molecular flexibility index (Phi) is 3.74. The Balaban J connectivity index is 2.28. The maximum atomic E-state index is 13.5. The van der Waals surface area contributed by atoms with Gasteiger partial charge in [-0.05, 0) is 37.1 Å². The van der Waals surface area contributed by atoms with Gasteiger partial charge in [-0.2, -0.15) is 0 Å². The first-order valence-corrected chi connectivity index (χ1v) is 6.30. The fraction of sp³-hybridized carbons (Fsp3) is 0.250. The van der Waals surface area contributed by atoms with E-state index in [4.69, 9.17) is 5.73 Å². The standard InChI is InChI=1S/C16H19FN2/c1-11-7-8-12(2)13(9-11)10-19(3)15-6-4-5-14(17)16(15)18/h4-9H,10,18H2,1-3H3. The van der Waals surface area contributed by atoms with E-state index >= 15 is 0 Å². The number of aryl methyl sites for hydroxylation is 2. The van der Waals surface area contributed by atoms with Crippen LogP contribution in [0, 0.1) is 19.7 Å². The van der Waals surface area contributed by atoms with Crippen molar-refractivity contribution in [2.75, 3.05) is 17.7 Å². The van der Waals surface area contributed by atoms with Gasteiger partial charge >= 0.3 is 0 Å². The van der Waals surface area contributed by atoms with Gasteiger partial charge in [-0.25, -0.2) is 4.39 Å². The molecular formula is C16H19FN2. The molecule has 2 N–H and O–H groups in total. The van der Waals surface area contributed by atoms with E-state index in [1.165, 1.54) is 22.8 Å². The monoisotopic (exact) mass is 258 g/mol. The molecule has 0 aliphatic rings. The van der Waals surface area contributed by atoms with E-state index in [2.05, 4.69) is 32.0 Å². The van der Waals surface area contributed by atoms with Gasteiger partial charge in [0.25, 0.3) is 0 Å². The van der Waals surface area contributed by atoms with E-state index in [-0.39, 0.29) is 11.5 Å². The van der Waals surface area contributed by atoms with Gasteiger partial charge in [0.15, 0.2) is 0 Å². The molecule has 0 amide bonds. The molecule has 0 aromatic heterocycles. The van der Waals surface area contributed by atoms with Gasteiger partial charge < -0.3 is 10.6 Å². The maximum Gasteiger partial charge on any atom is 0.148 e. The van der Waals surface area contributed by atoms with E-state index in [1.807, 2.05) is 18.0 Å². The highest BCUT2D eigenvalue weighted by Gasteiger charge is 2.10. The summed E-state index contributed by atoms with van der Waals surface area (Å²) in [7, 11) is 1.92. The lowest BCUT2D eigenvalue weighted by atomic mass is 10.0. The normalized spacial score (nSPS) is 10.5. The second-order valence-electron chi connectivity index (χ2n) is 4.96. The molecule has 0 heterocycles. The molecule has 0 spiro atoms. The van der Waals surface area contributed by atoms with Crippen LogP contribution in [-0.4, -0.2) is 7.05 Å². The molecule has 0 unspecified atom stereocenters. The first kappa shape index (κ1) is 13.4. The number of anilines is 2. The molecule has 2 aromatic carbocycles. The zero-order chi connectivity index (χ0) is 14.0. The number of nitrogens with zero attached hydrogens (tertiary/aromatic N) is 1. The van der Waals surface area contributed by atoms with Crippen LogP contribution in [0.1, 0.15) is 16.7 Å². The summed E-state index contributed by atoms with van der Waals surface area (Å²) in [4.78, 5) is 1.97. The Bertz CT molecular complexity index is 593. The molecule has 0 atom stereocenters. The quantitative estimate of drug-likeness (QED) is 0.851. The largest absolute Gasteiger partial charge is 0.395 e. The minimum Gasteiger partial charge on any atom is -0.395 e. The van der Waals surface area contributed by atoms with E-state index in [0.29, 0.717) is 6.54 Å². The lowest BCUT2D eigenvalue weighted by molar-refractivity contribution is 0.632. The SMILES string of the molecule is Cc1ccc(C)c(CN(C)c2cccc(F)c2N)c1. The maximum absolute atomic E-state index is 13.5. The van der Waals surface area contributed by atoms with Crippen LogP contribution in [0.2, 0.25) is 0 Å². The molecule has 0 saturated heterocycles. The first-order valence-electron chi connectivity index (χ1n) is 6.30. The van der Waals surface area contributed by atoms with Crippen LogP contribution in [-0.2, 0) is 6.54 Å². The Morgan fingerprint density at radius 2 is 1.89 bits per heavy atom.